The molecule has 2 aliphatic heterocycles. The summed E-state index contributed by atoms with van der Waals surface area (Å²) in [7, 11) is 0. The van der Waals surface area contributed by atoms with Crippen LogP contribution in [0.1, 0.15) is 38.6 Å². The van der Waals surface area contributed by atoms with E-state index in [0.717, 1.165) is 17.0 Å². The van der Waals surface area contributed by atoms with Gasteiger partial charge in [0.15, 0.2) is 0 Å². The number of carbonyl (C=O) groups is 1. The monoisotopic (exact) mass is 342 g/mol. The Balaban J connectivity index is 1.83. The van der Waals surface area contributed by atoms with E-state index in [1.165, 1.54) is 4.90 Å². The zero-order valence-electron chi connectivity index (χ0n) is 14.6. The zero-order valence-corrected chi connectivity index (χ0v) is 14.6. The number of hydrogen-bond acceptors (Lipinski definition) is 4. The molecule has 132 valence electrons. The van der Waals surface area contributed by atoms with Crippen molar-refractivity contribution < 1.29 is 14.6 Å². The minimum Gasteiger partial charge on any atom is -0.465 e. The van der Waals surface area contributed by atoms with E-state index in [4.69, 9.17) is 4.74 Å². The Kier molecular flexibility index (Phi) is 3.57. The van der Waals surface area contributed by atoms with Crippen LogP contribution in [-0.4, -0.2) is 50.3 Å². The summed E-state index contributed by atoms with van der Waals surface area (Å²) in [6.07, 6.45) is -1.32. The summed E-state index contributed by atoms with van der Waals surface area (Å²) in [6.45, 7) is 7.10. The molecule has 0 saturated carbocycles. The number of carboxylic acid groups (broad SMARTS) is 1. The number of nitrogens with zero attached hydrogens (tertiary/aromatic N) is 4. The molecule has 1 unspecified atom stereocenters. The van der Waals surface area contributed by atoms with Crippen molar-refractivity contribution in [1.82, 2.24) is 19.9 Å². The van der Waals surface area contributed by atoms with E-state index in [1.807, 2.05) is 35.0 Å². The number of likely N-dealkylation sites (tertiary alicyclic amines) is 1. The lowest BCUT2D eigenvalue weighted by Crippen LogP contribution is -2.39. The van der Waals surface area contributed by atoms with Gasteiger partial charge in [0.2, 0.25) is 0 Å². The predicted octanol–water partition coefficient (Wildman–Crippen LogP) is 2.97. The van der Waals surface area contributed by atoms with Crippen molar-refractivity contribution in [1.29, 1.82) is 0 Å². The van der Waals surface area contributed by atoms with Crippen molar-refractivity contribution in [2.45, 2.75) is 39.0 Å². The molecule has 2 aromatic rings. The summed E-state index contributed by atoms with van der Waals surface area (Å²) in [5.41, 5.74) is 2.58. The molecule has 0 radical (unpaired) electrons. The fourth-order valence-corrected chi connectivity index (χ4v) is 3.73. The maximum absolute atomic E-state index is 11.4. The minimum absolute atomic E-state index is 0.130. The molecule has 2 aliphatic rings. The summed E-state index contributed by atoms with van der Waals surface area (Å²) < 4.78 is 8.29. The molecule has 0 bridgehead atoms. The van der Waals surface area contributed by atoms with E-state index in [2.05, 4.69) is 31.1 Å². The third-order valence-electron chi connectivity index (χ3n) is 4.95. The smallest absolute Gasteiger partial charge is 0.407 e. The van der Waals surface area contributed by atoms with Crippen LogP contribution in [0.15, 0.2) is 30.3 Å². The van der Waals surface area contributed by atoms with Gasteiger partial charge < -0.3 is 14.7 Å². The van der Waals surface area contributed by atoms with Crippen LogP contribution in [-0.2, 0) is 4.74 Å². The average molecular weight is 342 g/mol. The summed E-state index contributed by atoms with van der Waals surface area (Å²) in [6, 6.07) is 9.80. The Labute approximate surface area is 146 Å². The van der Waals surface area contributed by atoms with E-state index in [-0.39, 0.29) is 23.7 Å². The lowest BCUT2D eigenvalue weighted by molar-refractivity contribution is -0.102. The van der Waals surface area contributed by atoms with Gasteiger partial charge in [-0.25, -0.2) is 9.48 Å². The molecule has 3 atom stereocenters. The maximum Gasteiger partial charge on any atom is 0.407 e. The highest BCUT2D eigenvalue weighted by molar-refractivity contribution is 5.66. The highest BCUT2D eigenvalue weighted by Gasteiger charge is 2.48. The molecular formula is C18H22N4O3. The van der Waals surface area contributed by atoms with E-state index in [1.54, 1.807) is 0 Å². The molecule has 7 nitrogen and oxygen atoms in total. The SMILES string of the molecule is CC(C)(C)C1O[C@H]2CN(C(=O)O)C[C@@H]2n2nnc(-c3ccccc3)c21. The van der Waals surface area contributed by atoms with E-state index < -0.39 is 6.09 Å². The Morgan fingerprint density at radius 1 is 1.24 bits per heavy atom. The Bertz CT molecular complexity index is 796. The van der Waals surface area contributed by atoms with Crippen molar-refractivity contribution >= 4 is 6.09 Å². The van der Waals surface area contributed by atoms with Crippen LogP contribution < -0.4 is 0 Å². The molecule has 25 heavy (non-hydrogen) atoms. The third-order valence-corrected chi connectivity index (χ3v) is 4.95. The lowest BCUT2D eigenvalue weighted by atomic mass is 9.84. The first-order valence-electron chi connectivity index (χ1n) is 8.50. The highest BCUT2D eigenvalue weighted by Crippen LogP contribution is 2.47. The van der Waals surface area contributed by atoms with Crippen molar-refractivity contribution in [2.75, 3.05) is 13.1 Å². The number of aromatic nitrogens is 3. The number of hydrogen-bond donors (Lipinski definition) is 1. The van der Waals surface area contributed by atoms with Gasteiger partial charge in [0.05, 0.1) is 18.3 Å². The van der Waals surface area contributed by atoms with E-state index in [9.17, 15) is 9.90 Å². The average Bonchev–Trinajstić information content (AvgIpc) is 3.17. The highest BCUT2D eigenvalue weighted by atomic mass is 16.5. The summed E-state index contributed by atoms with van der Waals surface area (Å²) in [4.78, 5) is 12.8. The van der Waals surface area contributed by atoms with Crippen molar-refractivity contribution in [3.63, 3.8) is 0 Å². The van der Waals surface area contributed by atoms with Crippen LogP contribution in [0.4, 0.5) is 4.79 Å². The molecular weight excluding hydrogens is 320 g/mol. The molecule has 0 spiro atoms. The van der Waals surface area contributed by atoms with Gasteiger partial charge in [-0.2, -0.15) is 0 Å². The first-order chi connectivity index (χ1) is 11.9. The quantitative estimate of drug-likeness (QED) is 0.862. The molecule has 3 heterocycles. The van der Waals surface area contributed by atoms with Crippen LogP contribution in [0.3, 0.4) is 0 Å². The summed E-state index contributed by atoms with van der Waals surface area (Å²) >= 11 is 0. The van der Waals surface area contributed by atoms with Gasteiger partial charge in [0.1, 0.15) is 17.9 Å². The van der Waals surface area contributed by atoms with Gasteiger partial charge in [-0.1, -0.05) is 56.3 Å². The van der Waals surface area contributed by atoms with E-state index in [0.29, 0.717) is 13.1 Å². The Hall–Kier alpha value is -2.41. The molecule has 1 aromatic carbocycles. The lowest BCUT2D eigenvalue weighted by Gasteiger charge is -2.39. The molecule has 1 aromatic heterocycles. The van der Waals surface area contributed by atoms with Crippen LogP contribution in [0, 0.1) is 5.41 Å². The molecule has 1 N–H and O–H groups in total. The second-order valence-corrected chi connectivity index (χ2v) is 7.81. The topological polar surface area (TPSA) is 80.5 Å². The first-order valence-corrected chi connectivity index (χ1v) is 8.50. The van der Waals surface area contributed by atoms with Crippen molar-refractivity contribution in [2.24, 2.45) is 5.41 Å². The molecule has 0 aliphatic carbocycles. The number of benzene rings is 1. The van der Waals surface area contributed by atoms with Crippen molar-refractivity contribution in [3.8, 4) is 11.3 Å². The van der Waals surface area contributed by atoms with E-state index >= 15 is 0 Å². The molecule has 1 fully saturated rings. The molecule has 7 heteroatoms. The molecule has 1 amide bonds. The Morgan fingerprint density at radius 3 is 2.60 bits per heavy atom. The summed E-state index contributed by atoms with van der Waals surface area (Å²) in [5, 5.41) is 18.2. The van der Waals surface area contributed by atoms with Crippen molar-refractivity contribution in [3.05, 3.63) is 36.0 Å². The second kappa shape index (κ2) is 5.56. The van der Waals surface area contributed by atoms with Crippen LogP contribution in [0.25, 0.3) is 11.3 Å². The van der Waals surface area contributed by atoms with Gasteiger partial charge in [0, 0.05) is 12.1 Å². The third kappa shape index (κ3) is 2.59. The number of amides is 1. The van der Waals surface area contributed by atoms with Gasteiger partial charge in [0.25, 0.3) is 0 Å². The van der Waals surface area contributed by atoms with Gasteiger partial charge >= 0.3 is 6.09 Å². The fraction of sp³-hybridized carbons (Fsp3) is 0.500. The maximum atomic E-state index is 11.4. The van der Waals surface area contributed by atoms with Crippen LogP contribution in [0.2, 0.25) is 0 Å². The zero-order chi connectivity index (χ0) is 17.8. The van der Waals surface area contributed by atoms with Crippen LogP contribution in [0.5, 0.6) is 0 Å². The predicted molar refractivity (Wildman–Crippen MR) is 91.2 cm³/mol. The Morgan fingerprint density at radius 2 is 1.96 bits per heavy atom. The number of rotatable bonds is 1. The second-order valence-electron chi connectivity index (χ2n) is 7.81. The first kappa shape index (κ1) is 16.1. The molecule has 4 rings (SSSR count). The largest absolute Gasteiger partial charge is 0.465 e. The summed E-state index contributed by atoms with van der Waals surface area (Å²) in [5.74, 6) is 0. The van der Waals surface area contributed by atoms with Gasteiger partial charge in [-0.15, -0.1) is 5.10 Å². The minimum atomic E-state index is -0.921. The fourth-order valence-electron chi connectivity index (χ4n) is 3.73. The van der Waals surface area contributed by atoms with Gasteiger partial charge in [-0.05, 0) is 5.41 Å². The molecule has 1 saturated heterocycles. The standard InChI is InChI=1S/C18H22N4O3/c1-18(2,3)16-15-14(11-7-5-4-6-8-11)19-20-22(15)12-9-21(17(23)24)10-13(12)25-16/h4-8,12-13,16H,9-10H2,1-3H3,(H,23,24)/t12-,13-,16?/m0/s1. The number of ether oxygens (including phenoxy) is 1. The number of fused-ring (bicyclic) bond motifs is 3. The van der Waals surface area contributed by atoms with Gasteiger partial charge in [-0.3, -0.25) is 0 Å². The normalized spacial score (nSPS) is 25.6. The van der Waals surface area contributed by atoms with Crippen LogP contribution >= 0.6 is 0 Å².